The maximum absolute atomic E-state index is 4.67. The van der Waals surface area contributed by atoms with Crippen LogP contribution >= 0.6 is 0 Å². The van der Waals surface area contributed by atoms with Crippen molar-refractivity contribution in [2.24, 2.45) is 0 Å². The quantitative estimate of drug-likeness (QED) is 0.774. The molecule has 3 rings (SSSR count). The number of anilines is 2. The molecular weight excluding hydrogens is 336 g/mol. The van der Waals surface area contributed by atoms with E-state index in [0.717, 1.165) is 57.6 Å². The van der Waals surface area contributed by atoms with E-state index in [4.69, 9.17) is 0 Å². The lowest BCUT2D eigenvalue weighted by Gasteiger charge is -2.34. The third-order valence-electron chi connectivity index (χ3n) is 4.64. The number of benzene rings is 1. The summed E-state index contributed by atoms with van der Waals surface area (Å²) in [4.78, 5) is 16.0. The first-order valence-corrected chi connectivity index (χ1v) is 9.61. The maximum Gasteiger partial charge on any atom is 0.227 e. The number of aromatic nitrogens is 2. The number of nitrogens with one attached hydrogen (secondary N) is 1. The fourth-order valence-electron chi connectivity index (χ4n) is 3.04. The lowest BCUT2D eigenvalue weighted by molar-refractivity contribution is 0.283. The third-order valence-corrected chi connectivity index (χ3v) is 4.64. The molecule has 0 saturated carbocycles. The molecule has 1 aromatic heterocycles. The van der Waals surface area contributed by atoms with Gasteiger partial charge < -0.3 is 15.1 Å². The number of nitrogens with zero attached hydrogens (tertiary/aromatic N) is 5. The fraction of sp³-hybridized carbons (Fsp3) is 0.429. The lowest BCUT2D eigenvalue weighted by Crippen LogP contribution is -2.47. The zero-order valence-electron chi connectivity index (χ0n) is 16.4. The van der Waals surface area contributed by atoms with Crippen LogP contribution in [-0.4, -0.2) is 79.7 Å². The monoisotopic (exact) mass is 366 g/mol. The molecule has 0 unspecified atom stereocenters. The summed E-state index contributed by atoms with van der Waals surface area (Å²) in [6.07, 6.45) is 6.28. The van der Waals surface area contributed by atoms with E-state index in [2.05, 4.69) is 80.5 Å². The van der Waals surface area contributed by atoms with Crippen LogP contribution in [0.25, 0.3) is 6.08 Å². The molecule has 1 aromatic carbocycles. The minimum atomic E-state index is 0.823. The van der Waals surface area contributed by atoms with E-state index < -0.39 is 0 Å². The van der Waals surface area contributed by atoms with E-state index in [1.54, 1.807) is 0 Å². The molecule has 1 aliphatic heterocycles. The van der Waals surface area contributed by atoms with Gasteiger partial charge >= 0.3 is 0 Å². The van der Waals surface area contributed by atoms with E-state index in [0.29, 0.717) is 0 Å². The summed E-state index contributed by atoms with van der Waals surface area (Å²) in [7, 11) is 4.14. The van der Waals surface area contributed by atoms with Gasteiger partial charge in [0.15, 0.2) is 0 Å². The molecule has 1 aliphatic rings. The second-order valence-corrected chi connectivity index (χ2v) is 7.07. The molecular formula is C21H30N6. The maximum atomic E-state index is 4.67. The molecule has 144 valence electrons. The Morgan fingerprint density at radius 3 is 2.59 bits per heavy atom. The number of piperazine rings is 1. The Balaban J connectivity index is 1.45. The highest BCUT2D eigenvalue weighted by atomic mass is 15.3. The summed E-state index contributed by atoms with van der Waals surface area (Å²) in [5, 5.41) is 3.37. The van der Waals surface area contributed by atoms with Crippen molar-refractivity contribution in [1.82, 2.24) is 19.8 Å². The van der Waals surface area contributed by atoms with Crippen LogP contribution in [0, 0.1) is 0 Å². The third kappa shape index (κ3) is 6.34. The van der Waals surface area contributed by atoms with Crippen molar-refractivity contribution in [3.8, 4) is 0 Å². The predicted molar refractivity (Wildman–Crippen MR) is 113 cm³/mol. The van der Waals surface area contributed by atoms with Gasteiger partial charge in [-0.05, 0) is 25.7 Å². The van der Waals surface area contributed by atoms with E-state index in [1.807, 2.05) is 18.3 Å². The number of likely N-dealkylation sites (N-methyl/N-ethyl adjacent to an activating group) is 1. The van der Waals surface area contributed by atoms with Crippen molar-refractivity contribution < 1.29 is 0 Å². The van der Waals surface area contributed by atoms with Crippen LogP contribution < -0.4 is 10.2 Å². The van der Waals surface area contributed by atoms with Crippen LogP contribution in [-0.2, 0) is 0 Å². The zero-order chi connectivity index (χ0) is 18.9. The highest BCUT2D eigenvalue weighted by Crippen LogP contribution is 2.13. The molecule has 0 radical (unpaired) electrons. The highest BCUT2D eigenvalue weighted by Gasteiger charge is 2.18. The van der Waals surface area contributed by atoms with Crippen LogP contribution in [0.15, 0.2) is 48.7 Å². The average molecular weight is 367 g/mol. The lowest BCUT2D eigenvalue weighted by atomic mass is 10.2. The zero-order valence-corrected chi connectivity index (χ0v) is 16.4. The normalized spacial score (nSPS) is 15.6. The predicted octanol–water partition coefficient (Wildman–Crippen LogP) is 2.29. The van der Waals surface area contributed by atoms with Gasteiger partial charge in [-0.25, -0.2) is 4.98 Å². The molecule has 0 amide bonds. The van der Waals surface area contributed by atoms with Crippen molar-refractivity contribution in [2.45, 2.75) is 0 Å². The minimum absolute atomic E-state index is 0.823. The van der Waals surface area contributed by atoms with E-state index >= 15 is 0 Å². The van der Waals surface area contributed by atoms with Crippen molar-refractivity contribution in [3.05, 3.63) is 54.2 Å². The summed E-state index contributed by atoms with van der Waals surface area (Å²) in [5.41, 5.74) is 1.25. The summed E-state index contributed by atoms with van der Waals surface area (Å²) >= 11 is 0. The van der Waals surface area contributed by atoms with Crippen molar-refractivity contribution >= 4 is 17.8 Å². The topological polar surface area (TPSA) is 47.5 Å². The average Bonchev–Trinajstić information content (AvgIpc) is 2.69. The Bertz CT molecular complexity index is 708. The SMILES string of the molecule is CN(C)CCNc1ccnc(N2CCN(C/C=C/c3ccccc3)CC2)n1. The van der Waals surface area contributed by atoms with Crippen molar-refractivity contribution in [3.63, 3.8) is 0 Å². The van der Waals surface area contributed by atoms with E-state index in [-0.39, 0.29) is 0 Å². The minimum Gasteiger partial charge on any atom is -0.369 e. The van der Waals surface area contributed by atoms with Gasteiger partial charge in [-0.1, -0.05) is 42.5 Å². The number of hydrogen-bond acceptors (Lipinski definition) is 6. The smallest absolute Gasteiger partial charge is 0.227 e. The van der Waals surface area contributed by atoms with Gasteiger partial charge in [0.1, 0.15) is 5.82 Å². The first-order valence-electron chi connectivity index (χ1n) is 9.61. The van der Waals surface area contributed by atoms with Gasteiger partial charge in [0.2, 0.25) is 5.95 Å². The Hall–Kier alpha value is -2.44. The van der Waals surface area contributed by atoms with Crippen LogP contribution in [0.4, 0.5) is 11.8 Å². The Labute approximate surface area is 162 Å². The summed E-state index contributed by atoms with van der Waals surface area (Å²) in [5.74, 6) is 1.72. The van der Waals surface area contributed by atoms with Crippen molar-refractivity contribution in [2.75, 3.05) is 70.1 Å². The summed E-state index contributed by atoms with van der Waals surface area (Å²) < 4.78 is 0. The molecule has 6 heteroatoms. The fourth-order valence-corrected chi connectivity index (χ4v) is 3.04. The van der Waals surface area contributed by atoms with Crippen LogP contribution in [0.2, 0.25) is 0 Å². The first kappa shape index (κ1) is 19.3. The Morgan fingerprint density at radius 2 is 1.85 bits per heavy atom. The molecule has 1 fully saturated rings. The second-order valence-electron chi connectivity index (χ2n) is 7.07. The molecule has 1 saturated heterocycles. The van der Waals surface area contributed by atoms with E-state index in [9.17, 15) is 0 Å². The van der Waals surface area contributed by atoms with Gasteiger partial charge in [-0.15, -0.1) is 0 Å². The molecule has 0 aliphatic carbocycles. The summed E-state index contributed by atoms with van der Waals surface area (Å²) in [6, 6.07) is 12.4. The molecule has 0 spiro atoms. The molecule has 0 atom stereocenters. The van der Waals surface area contributed by atoms with Crippen LogP contribution in [0.1, 0.15) is 5.56 Å². The van der Waals surface area contributed by atoms with Gasteiger partial charge in [-0.3, -0.25) is 4.90 Å². The standard InChI is InChI=1S/C21H30N6/c1-25(2)14-12-22-20-10-11-23-21(24-20)27-17-15-26(16-18-27)13-6-9-19-7-4-3-5-8-19/h3-11H,12-18H2,1-2H3,(H,22,23,24)/b9-6+. The largest absolute Gasteiger partial charge is 0.369 e. The first-order chi connectivity index (χ1) is 13.2. The second kappa shape index (κ2) is 10.0. The van der Waals surface area contributed by atoms with E-state index in [1.165, 1.54) is 5.56 Å². The van der Waals surface area contributed by atoms with Crippen LogP contribution in [0.3, 0.4) is 0 Å². The van der Waals surface area contributed by atoms with Gasteiger partial charge in [0.05, 0.1) is 0 Å². The van der Waals surface area contributed by atoms with Gasteiger partial charge in [-0.2, -0.15) is 4.98 Å². The van der Waals surface area contributed by atoms with Crippen molar-refractivity contribution in [1.29, 1.82) is 0 Å². The molecule has 6 nitrogen and oxygen atoms in total. The molecule has 2 aromatic rings. The highest BCUT2D eigenvalue weighted by molar-refractivity contribution is 5.48. The van der Waals surface area contributed by atoms with Crippen LogP contribution in [0.5, 0.6) is 0 Å². The number of hydrogen-bond donors (Lipinski definition) is 1. The molecule has 1 N–H and O–H groups in total. The molecule has 27 heavy (non-hydrogen) atoms. The van der Waals surface area contributed by atoms with Gasteiger partial charge in [0, 0.05) is 52.0 Å². The summed E-state index contributed by atoms with van der Waals surface area (Å²) in [6.45, 7) is 6.82. The van der Waals surface area contributed by atoms with Gasteiger partial charge in [0.25, 0.3) is 0 Å². The number of rotatable bonds is 8. The Morgan fingerprint density at radius 1 is 1.07 bits per heavy atom. The molecule has 2 heterocycles. The Kier molecular flexibility index (Phi) is 7.19. The molecule has 0 bridgehead atoms.